The molecule has 4 rings (SSSR count). The largest absolute Gasteiger partial charge is 0.496 e. The number of ether oxygens (including phenoxy) is 3. The molecule has 2 bridgehead atoms. The average molecular weight is 523 g/mol. The molecule has 0 unspecified atom stereocenters. The number of nitrogen functional groups attached to an aromatic ring is 1. The molecule has 1 amide bonds. The maximum Gasteiger partial charge on any atom is 0.307 e. The summed E-state index contributed by atoms with van der Waals surface area (Å²) in [4.78, 5) is 29.8. The van der Waals surface area contributed by atoms with E-state index in [1.807, 2.05) is 0 Å². The van der Waals surface area contributed by atoms with Gasteiger partial charge in [-0.2, -0.15) is 0 Å². The van der Waals surface area contributed by atoms with E-state index in [2.05, 4.69) is 15.1 Å². The third-order valence-corrected chi connectivity index (χ3v) is 8.10. The molecule has 3 N–H and O–H groups in total. The minimum Gasteiger partial charge on any atom is -0.496 e. The van der Waals surface area contributed by atoms with Gasteiger partial charge >= 0.3 is 5.97 Å². The van der Waals surface area contributed by atoms with Crippen LogP contribution in [0.2, 0.25) is 5.02 Å². The molecule has 3 saturated heterocycles. The van der Waals surface area contributed by atoms with Gasteiger partial charge in [0, 0.05) is 51.7 Å². The fourth-order valence-corrected chi connectivity index (χ4v) is 5.82. The molecule has 3 aliphatic heterocycles. The number of unbranched alkanes of at least 4 members (excludes halogenated alkanes) is 2. The summed E-state index contributed by atoms with van der Waals surface area (Å²) >= 11 is 6.13. The number of benzene rings is 1. The monoisotopic (exact) mass is 522 g/mol. The van der Waals surface area contributed by atoms with Crippen molar-refractivity contribution in [1.29, 1.82) is 0 Å². The van der Waals surface area contributed by atoms with Crippen LogP contribution >= 0.6 is 11.6 Å². The number of hydrogen-bond donors (Lipinski definition) is 2. The van der Waals surface area contributed by atoms with E-state index in [0.29, 0.717) is 34.4 Å². The van der Waals surface area contributed by atoms with Crippen LogP contribution in [0.4, 0.5) is 5.69 Å². The van der Waals surface area contributed by atoms with Crippen LogP contribution in [0, 0.1) is 5.92 Å². The number of nitrogens with two attached hydrogens (primary N) is 1. The minimum absolute atomic E-state index is 0.0309. The highest BCUT2D eigenvalue weighted by Crippen LogP contribution is 2.35. The quantitative estimate of drug-likeness (QED) is 0.259. The van der Waals surface area contributed by atoms with Gasteiger partial charge < -0.3 is 30.2 Å². The van der Waals surface area contributed by atoms with Crippen molar-refractivity contribution in [3.8, 4) is 5.75 Å². The Balaban J connectivity index is 1.16. The Bertz CT molecular complexity index is 912. The van der Waals surface area contributed by atoms with Gasteiger partial charge in [-0.25, -0.2) is 0 Å². The van der Waals surface area contributed by atoms with Crippen LogP contribution in [0.1, 0.15) is 55.3 Å². The fourth-order valence-electron chi connectivity index (χ4n) is 5.65. The molecule has 10 heteroatoms. The number of fused-ring (bicyclic) bond motifs is 2. The molecule has 1 aromatic carbocycles. The molecule has 200 valence electrons. The van der Waals surface area contributed by atoms with Gasteiger partial charge in [0.25, 0.3) is 5.91 Å². The number of methoxy groups -OCH3 is 2. The SMILES string of the molecule is COc1cc(N)c(Cl)cc1C(=O)N[C@@H]1CCN(CCCCCC(=O)O[C@@H]2C3CCN2CC3)C[C@@H]1OC. The Morgan fingerprint density at radius 3 is 2.56 bits per heavy atom. The van der Waals surface area contributed by atoms with Gasteiger partial charge in [0.2, 0.25) is 0 Å². The highest BCUT2D eigenvalue weighted by Gasteiger charge is 2.42. The highest BCUT2D eigenvalue weighted by molar-refractivity contribution is 6.33. The molecule has 36 heavy (non-hydrogen) atoms. The Hall–Kier alpha value is -2.07. The second-order valence-corrected chi connectivity index (χ2v) is 10.5. The molecule has 3 aliphatic rings. The lowest BCUT2D eigenvalue weighted by molar-refractivity contribution is -0.156. The van der Waals surface area contributed by atoms with Crippen molar-refractivity contribution in [2.24, 2.45) is 5.92 Å². The number of likely N-dealkylation sites (tertiary alicyclic amines) is 1. The Kier molecular flexibility index (Phi) is 9.33. The van der Waals surface area contributed by atoms with Gasteiger partial charge in [-0.3, -0.25) is 14.5 Å². The van der Waals surface area contributed by atoms with E-state index in [0.717, 1.165) is 71.2 Å². The Labute approximate surface area is 218 Å². The van der Waals surface area contributed by atoms with Crippen molar-refractivity contribution < 1.29 is 23.8 Å². The number of esters is 1. The maximum absolute atomic E-state index is 12.9. The van der Waals surface area contributed by atoms with Gasteiger partial charge in [-0.1, -0.05) is 18.0 Å². The smallest absolute Gasteiger partial charge is 0.307 e. The molecule has 0 saturated carbocycles. The molecule has 0 spiro atoms. The first-order valence-corrected chi connectivity index (χ1v) is 13.4. The average Bonchev–Trinajstić information content (AvgIpc) is 3.44. The van der Waals surface area contributed by atoms with E-state index in [1.165, 1.54) is 13.2 Å². The van der Waals surface area contributed by atoms with Crippen molar-refractivity contribution in [2.75, 3.05) is 52.7 Å². The standard InChI is InChI=1S/C26H39ClN4O5/c1-34-22-15-20(28)19(27)14-18(22)25(33)29-21-9-11-30(16-23(21)35-2)10-5-3-4-6-24(32)36-26-17-7-12-31(26)13-8-17/h14-15,17,21,23,26H,3-13,16,28H2,1-2H3,(H,29,33)/t21-,23+,26-/m1/s1. The predicted molar refractivity (Wildman–Crippen MR) is 138 cm³/mol. The van der Waals surface area contributed by atoms with Crippen molar-refractivity contribution in [3.05, 3.63) is 22.7 Å². The summed E-state index contributed by atoms with van der Waals surface area (Å²) in [5.74, 6) is 0.608. The van der Waals surface area contributed by atoms with E-state index >= 15 is 0 Å². The topological polar surface area (TPSA) is 106 Å². The molecule has 0 aliphatic carbocycles. The Morgan fingerprint density at radius 1 is 1.11 bits per heavy atom. The maximum atomic E-state index is 12.9. The lowest BCUT2D eigenvalue weighted by Gasteiger charge is -2.38. The van der Waals surface area contributed by atoms with Gasteiger partial charge in [0.1, 0.15) is 5.75 Å². The number of nitrogens with one attached hydrogen (secondary N) is 1. The number of carbonyl (C=O) groups excluding carboxylic acids is 2. The summed E-state index contributed by atoms with van der Waals surface area (Å²) in [5.41, 5.74) is 6.55. The summed E-state index contributed by atoms with van der Waals surface area (Å²) in [6.45, 7) is 4.67. The van der Waals surface area contributed by atoms with Crippen LogP contribution in [-0.4, -0.2) is 87.0 Å². The molecule has 1 aromatic rings. The van der Waals surface area contributed by atoms with E-state index in [9.17, 15) is 9.59 Å². The molecule has 3 fully saturated rings. The van der Waals surface area contributed by atoms with Gasteiger partial charge in [0.15, 0.2) is 6.23 Å². The summed E-state index contributed by atoms with van der Waals surface area (Å²) in [5, 5.41) is 3.40. The van der Waals surface area contributed by atoms with Crippen LogP contribution in [0.3, 0.4) is 0 Å². The lowest BCUT2D eigenvalue weighted by atomic mass is 10.00. The lowest BCUT2D eigenvalue weighted by Crippen LogP contribution is -2.54. The fraction of sp³-hybridized carbons (Fsp3) is 0.692. The molecule has 3 heterocycles. The minimum atomic E-state index is -0.261. The van der Waals surface area contributed by atoms with Crippen LogP contribution in [-0.2, 0) is 14.3 Å². The summed E-state index contributed by atoms with van der Waals surface area (Å²) < 4.78 is 16.8. The number of carbonyl (C=O) groups is 2. The molecule has 3 atom stereocenters. The number of nitrogens with zero attached hydrogens (tertiary/aromatic N) is 2. The number of anilines is 1. The second-order valence-electron chi connectivity index (χ2n) is 10.1. The van der Waals surface area contributed by atoms with Gasteiger partial charge in [0.05, 0.1) is 35.5 Å². The Morgan fingerprint density at radius 2 is 1.89 bits per heavy atom. The van der Waals surface area contributed by atoms with Crippen LogP contribution in [0.15, 0.2) is 12.1 Å². The number of rotatable bonds is 11. The summed E-state index contributed by atoms with van der Waals surface area (Å²) in [6.07, 6.45) is 6.34. The van der Waals surface area contributed by atoms with E-state index in [1.54, 1.807) is 13.2 Å². The van der Waals surface area contributed by atoms with Crippen LogP contribution in [0.25, 0.3) is 0 Å². The first-order valence-electron chi connectivity index (χ1n) is 13.0. The summed E-state index contributed by atoms with van der Waals surface area (Å²) in [7, 11) is 3.17. The normalized spacial score (nSPS) is 27.7. The molecule has 0 aromatic heterocycles. The number of amides is 1. The van der Waals surface area contributed by atoms with Crippen molar-refractivity contribution in [2.45, 2.75) is 63.3 Å². The highest BCUT2D eigenvalue weighted by atomic mass is 35.5. The number of halogens is 1. The number of piperidine rings is 2. The van der Waals surface area contributed by atoms with Crippen molar-refractivity contribution in [3.63, 3.8) is 0 Å². The van der Waals surface area contributed by atoms with Crippen LogP contribution < -0.4 is 15.8 Å². The van der Waals surface area contributed by atoms with Gasteiger partial charge in [-0.15, -0.1) is 0 Å². The molecular formula is C26H39ClN4O5. The molecule has 0 radical (unpaired) electrons. The van der Waals surface area contributed by atoms with E-state index in [-0.39, 0.29) is 30.3 Å². The first kappa shape index (κ1) is 27.0. The third kappa shape index (κ3) is 6.43. The van der Waals surface area contributed by atoms with Gasteiger partial charge in [-0.05, 0) is 44.7 Å². The number of hydrogen-bond acceptors (Lipinski definition) is 8. The van der Waals surface area contributed by atoms with E-state index < -0.39 is 0 Å². The zero-order valence-corrected chi connectivity index (χ0v) is 22.1. The summed E-state index contributed by atoms with van der Waals surface area (Å²) in [6, 6.07) is 2.98. The third-order valence-electron chi connectivity index (χ3n) is 7.77. The first-order chi connectivity index (χ1) is 17.4. The zero-order valence-electron chi connectivity index (χ0n) is 21.3. The molecule has 9 nitrogen and oxygen atoms in total. The predicted octanol–water partition coefficient (Wildman–Crippen LogP) is 2.91. The van der Waals surface area contributed by atoms with Crippen molar-refractivity contribution >= 4 is 29.2 Å². The van der Waals surface area contributed by atoms with Crippen LogP contribution in [0.5, 0.6) is 5.75 Å². The second kappa shape index (κ2) is 12.4. The zero-order chi connectivity index (χ0) is 25.7. The molecular weight excluding hydrogens is 484 g/mol. The van der Waals surface area contributed by atoms with E-state index in [4.69, 9.17) is 31.5 Å². The van der Waals surface area contributed by atoms with Crippen molar-refractivity contribution in [1.82, 2.24) is 15.1 Å².